The summed E-state index contributed by atoms with van der Waals surface area (Å²) in [4.78, 5) is 0. The van der Waals surface area contributed by atoms with Crippen LogP contribution >= 0.6 is 0 Å². The van der Waals surface area contributed by atoms with Crippen molar-refractivity contribution in [2.75, 3.05) is 0 Å². The zero-order chi connectivity index (χ0) is 21.8. The van der Waals surface area contributed by atoms with Gasteiger partial charge in [-0.05, 0) is 72.6 Å². The Bertz CT molecular complexity index is 837. The molecule has 0 radical (unpaired) electrons. The predicted molar refractivity (Wildman–Crippen MR) is 137 cm³/mol. The molecule has 0 N–H and O–H groups in total. The minimum atomic E-state index is 0.661. The van der Waals surface area contributed by atoms with Gasteiger partial charge in [0.1, 0.15) is 0 Å². The van der Waals surface area contributed by atoms with Crippen LogP contribution in [0.5, 0.6) is 0 Å². The highest BCUT2D eigenvalue weighted by Crippen LogP contribution is 2.26. The van der Waals surface area contributed by atoms with Crippen LogP contribution in [0.3, 0.4) is 0 Å². The van der Waals surface area contributed by atoms with Gasteiger partial charge in [-0.1, -0.05) is 121 Å². The third kappa shape index (κ3) is 7.24. The highest BCUT2D eigenvalue weighted by atomic mass is 14.2. The molecule has 0 heterocycles. The van der Waals surface area contributed by atoms with Crippen LogP contribution in [0.25, 0.3) is 0 Å². The Morgan fingerprint density at radius 1 is 0.312 bits per heavy atom. The number of rotatable bonds is 11. The summed E-state index contributed by atoms with van der Waals surface area (Å²) in [5.74, 6) is 1.32. The predicted octanol–water partition coefficient (Wildman–Crippen LogP) is 7.97. The molecule has 4 rings (SSSR count). The quantitative estimate of drug-likeness (QED) is 0.232. The molecule has 0 saturated heterocycles. The fourth-order valence-electron chi connectivity index (χ4n) is 4.81. The summed E-state index contributed by atoms with van der Waals surface area (Å²) in [7, 11) is 0. The van der Waals surface area contributed by atoms with E-state index in [-0.39, 0.29) is 0 Å². The van der Waals surface area contributed by atoms with E-state index < -0.39 is 0 Å². The van der Waals surface area contributed by atoms with Gasteiger partial charge in [0, 0.05) is 0 Å². The summed E-state index contributed by atoms with van der Waals surface area (Å²) >= 11 is 0. The van der Waals surface area contributed by atoms with Crippen molar-refractivity contribution in [1.82, 2.24) is 0 Å². The van der Waals surface area contributed by atoms with E-state index in [0.29, 0.717) is 11.8 Å². The van der Waals surface area contributed by atoms with Crippen LogP contribution in [-0.4, -0.2) is 0 Å². The molecule has 32 heavy (non-hydrogen) atoms. The van der Waals surface area contributed by atoms with Crippen LogP contribution in [0, 0.1) is 11.8 Å². The molecular formula is C32H34. The lowest BCUT2D eigenvalue weighted by atomic mass is 9.83. The molecular weight excluding hydrogens is 384 g/mol. The Kier molecular flexibility index (Phi) is 8.32. The van der Waals surface area contributed by atoms with Crippen LogP contribution in [0.2, 0.25) is 0 Å². The molecule has 0 saturated carbocycles. The first-order valence-electron chi connectivity index (χ1n) is 12.0. The van der Waals surface area contributed by atoms with E-state index in [1.54, 1.807) is 0 Å². The van der Waals surface area contributed by atoms with Gasteiger partial charge in [-0.25, -0.2) is 0 Å². The number of hydrogen-bond donors (Lipinski definition) is 0. The monoisotopic (exact) mass is 418 g/mol. The smallest absolute Gasteiger partial charge is 0.0247 e. The van der Waals surface area contributed by atoms with Crippen molar-refractivity contribution in [3.8, 4) is 0 Å². The fourth-order valence-corrected chi connectivity index (χ4v) is 4.81. The van der Waals surface area contributed by atoms with Crippen molar-refractivity contribution in [3.05, 3.63) is 144 Å². The van der Waals surface area contributed by atoms with Crippen molar-refractivity contribution >= 4 is 0 Å². The van der Waals surface area contributed by atoms with Crippen molar-refractivity contribution < 1.29 is 0 Å². The second-order valence-electron chi connectivity index (χ2n) is 9.07. The van der Waals surface area contributed by atoms with Crippen molar-refractivity contribution in [2.45, 2.75) is 38.5 Å². The van der Waals surface area contributed by atoms with Crippen LogP contribution in [0.1, 0.15) is 35.1 Å². The standard InChI is InChI=1S/C32H34/c1-5-13-27(14-6-1)23-31(24-28-15-7-2-8-16-28)21-22-32(25-29-17-9-3-10-18-29)26-30-19-11-4-12-20-30/h1-20,31-32H,21-26H2. The maximum Gasteiger partial charge on any atom is -0.0247 e. The van der Waals surface area contributed by atoms with Crippen molar-refractivity contribution in [3.63, 3.8) is 0 Å². The molecule has 4 aromatic carbocycles. The first-order chi connectivity index (χ1) is 15.8. The average Bonchev–Trinajstić information content (AvgIpc) is 2.85. The maximum atomic E-state index is 2.28. The van der Waals surface area contributed by atoms with Gasteiger partial charge in [0.15, 0.2) is 0 Å². The first kappa shape index (κ1) is 22.1. The molecule has 0 aliphatic carbocycles. The summed E-state index contributed by atoms with van der Waals surface area (Å²) in [5.41, 5.74) is 5.82. The maximum absolute atomic E-state index is 2.28. The molecule has 0 fully saturated rings. The largest absolute Gasteiger partial charge is 0.0622 e. The van der Waals surface area contributed by atoms with Crippen LogP contribution in [-0.2, 0) is 25.7 Å². The fraction of sp³-hybridized carbons (Fsp3) is 0.250. The number of benzene rings is 4. The second-order valence-corrected chi connectivity index (χ2v) is 9.07. The Balaban J connectivity index is 1.47. The zero-order valence-electron chi connectivity index (χ0n) is 18.9. The van der Waals surface area contributed by atoms with Gasteiger partial charge in [-0.3, -0.25) is 0 Å². The van der Waals surface area contributed by atoms with Gasteiger partial charge >= 0.3 is 0 Å². The normalized spacial score (nSPS) is 11.2. The summed E-state index contributed by atoms with van der Waals surface area (Å²) < 4.78 is 0. The molecule has 0 bridgehead atoms. The first-order valence-corrected chi connectivity index (χ1v) is 12.0. The second kappa shape index (κ2) is 12.1. The summed E-state index contributed by atoms with van der Waals surface area (Å²) in [6.07, 6.45) is 7.12. The van der Waals surface area contributed by atoms with Gasteiger partial charge in [0.2, 0.25) is 0 Å². The minimum absolute atomic E-state index is 0.661. The van der Waals surface area contributed by atoms with Crippen LogP contribution < -0.4 is 0 Å². The summed E-state index contributed by atoms with van der Waals surface area (Å²) in [6, 6.07) is 44.1. The zero-order valence-corrected chi connectivity index (χ0v) is 18.9. The van der Waals surface area contributed by atoms with Crippen molar-refractivity contribution in [2.24, 2.45) is 11.8 Å². The summed E-state index contributed by atoms with van der Waals surface area (Å²) in [6.45, 7) is 0. The van der Waals surface area contributed by atoms with E-state index >= 15 is 0 Å². The highest BCUT2D eigenvalue weighted by Gasteiger charge is 2.16. The number of hydrogen-bond acceptors (Lipinski definition) is 0. The lowest BCUT2D eigenvalue weighted by Gasteiger charge is -2.22. The van der Waals surface area contributed by atoms with E-state index in [2.05, 4.69) is 121 Å². The Hall–Kier alpha value is -3.12. The molecule has 162 valence electrons. The molecule has 0 aliphatic heterocycles. The highest BCUT2D eigenvalue weighted by molar-refractivity contribution is 5.20. The van der Waals surface area contributed by atoms with Gasteiger partial charge in [0.05, 0.1) is 0 Å². The van der Waals surface area contributed by atoms with E-state index in [1.165, 1.54) is 35.1 Å². The Morgan fingerprint density at radius 2 is 0.531 bits per heavy atom. The Labute approximate surface area is 194 Å². The molecule has 0 unspecified atom stereocenters. The Morgan fingerprint density at radius 3 is 0.750 bits per heavy atom. The van der Waals surface area contributed by atoms with E-state index in [1.807, 2.05) is 0 Å². The van der Waals surface area contributed by atoms with Crippen molar-refractivity contribution in [1.29, 1.82) is 0 Å². The third-order valence-corrected chi connectivity index (χ3v) is 6.45. The van der Waals surface area contributed by atoms with Gasteiger partial charge in [0.25, 0.3) is 0 Å². The molecule has 0 nitrogen and oxygen atoms in total. The average molecular weight is 419 g/mol. The van der Waals surface area contributed by atoms with Crippen LogP contribution in [0.15, 0.2) is 121 Å². The van der Waals surface area contributed by atoms with Crippen LogP contribution in [0.4, 0.5) is 0 Å². The van der Waals surface area contributed by atoms with Gasteiger partial charge in [-0.2, -0.15) is 0 Å². The SMILES string of the molecule is c1ccc(CC(CCC(Cc2ccccc2)Cc2ccccc2)Cc2ccccc2)cc1. The van der Waals surface area contributed by atoms with Gasteiger partial charge < -0.3 is 0 Å². The van der Waals surface area contributed by atoms with E-state index in [9.17, 15) is 0 Å². The molecule has 0 aromatic heterocycles. The molecule has 0 heteroatoms. The minimum Gasteiger partial charge on any atom is -0.0622 e. The molecule has 0 spiro atoms. The lowest BCUT2D eigenvalue weighted by Crippen LogP contribution is -2.14. The molecule has 0 aliphatic rings. The third-order valence-electron chi connectivity index (χ3n) is 6.45. The molecule has 0 amide bonds. The topological polar surface area (TPSA) is 0 Å². The lowest BCUT2D eigenvalue weighted by molar-refractivity contribution is 0.383. The molecule has 0 atom stereocenters. The summed E-state index contributed by atoms with van der Waals surface area (Å²) in [5, 5.41) is 0. The molecule has 4 aromatic rings. The van der Waals surface area contributed by atoms with E-state index in [0.717, 1.165) is 25.7 Å². The van der Waals surface area contributed by atoms with E-state index in [4.69, 9.17) is 0 Å². The van der Waals surface area contributed by atoms with Gasteiger partial charge in [-0.15, -0.1) is 0 Å².